The number of sulfonamides is 1. The van der Waals surface area contributed by atoms with Gasteiger partial charge in [-0.1, -0.05) is 17.7 Å². The summed E-state index contributed by atoms with van der Waals surface area (Å²) in [6.45, 7) is 5.21. The normalized spacial score (nSPS) is 16.0. The first-order chi connectivity index (χ1) is 13.1. The van der Waals surface area contributed by atoms with E-state index in [0.29, 0.717) is 23.2 Å². The second kappa shape index (κ2) is 7.39. The Morgan fingerprint density at radius 3 is 2.54 bits per heavy atom. The van der Waals surface area contributed by atoms with E-state index in [2.05, 4.69) is 0 Å². The molecule has 0 bridgehead atoms. The molecule has 0 fully saturated rings. The molecule has 0 spiro atoms. The molecule has 1 atom stereocenters. The topological polar surface area (TPSA) is 80.8 Å². The van der Waals surface area contributed by atoms with Crippen LogP contribution in [0.15, 0.2) is 36.4 Å². The molecular weight excluding hydrogens is 378 g/mol. The number of ketones is 1. The predicted octanol–water partition coefficient (Wildman–Crippen LogP) is 3.05. The van der Waals surface area contributed by atoms with Crippen LogP contribution in [0.4, 0.5) is 5.69 Å². The van der Waals surface area contributed by atoms with Crippen LogP contribution in [0.2, 0.25) is 0 Å². The number of nitrogens with zero attached hydrogens (tertiary/aromatic N) is 1. The van der Waals surface area contributed by atoms with E-state index >= 15 is 0 Å². The Labute approximate surface area is 165 Å². The van der Waals surface area contributed by atoms with Gasteiger partial charge in [0.25, 0.3) is 0 Å². The minimum absolute atomic E-state index is 0.206. The van der Waals surface area contributed by atoms with Crippen molar-refractivity contribution in [3.05, 3.63) is 64.2 Å². The summed E-state index contributed by atoms with van der Waals surface area (Å²) >= 11 is 0. The Kier molecular flexibility index (Phi) is 5.30. The number of esters is 1. The number of fused-ring (bicyclic) bond motifs is 1. The van der Waals surface area contributed by atoms with Gasteiger partial charge in [-0.2, -0.15) is 0 Å². The quantitative estimate of drug-likeness (QED) is 0.568. The number of benzene rings is 2. The largest absolute Gasteiger partial charge is 0.454 e. The molecule has 148 valence electrons. The molecule has 1 aliphatic rings. The number of ether oxygens (including phenoxy) is 1. The van der Waals surface area contributed by atoms with Gasteiger partial charge in [-0.25, -0.2) is 13.2 Å². The Balaban J connectivity index is 1.73. The molecule has 0 saturated heterocycles. The molecule has 28 heavy (non-hydrogen) atoms. The van der Waals surface area contributed by atoms with Crippen molar-refractivity contribution in [1.82, 2.24) is 0 Å². The third-order valence-corrected chi connectivity index (χ3v) is 6.12. The van der Waals surface area contributed by atoms with Crippen LogP contribution in [0.5, 0.6) is 0 Å². The Morgan fingerprint density at radius 1 is 1.14 bits per heavy atom. The highest BCUT2D eigenvalue weighted by Gasteiger charge is 2.33. The Morgan fingerprint density at radius 2 is 1.86 bits per heavy atom. The van der Waals surface area contributed by atoms with Crippen molar-refractivity contribution in [3.63, 3.8) is 0 Å². The molecule has 1 aliphatic heterocycles. The van der Waals surface area contributed by atoms with E-state index < -0.39 is 16.0 Å². The number of carbonyl (C=O) groups is 2. The van der Waals surface area contributed by atoms with Gasteiger partial charge in [0.05, 0.1) is 17.5 Å². The summed E-state index contributed by atoms with van der Waals surface area (Å²) in [5.74, 6) is -0.862. The van der Waals surface area contributed by atoms with Gasteiger partial charge in [0.15, 0.2) is 6.61 Å². The third-order valence-electron chi connectivity index (χ3n) is 4.85. The van der Waals surface area contributed by atoms with Gasteiger partial charge in [0, 0.05) is 11.6 Å². The zero-order valence-electron chi connectivity index (χ0n) is 16.4. The van der Waals surface area contributed by atoms with Crippen LogP contribution in [0.1, 0.15) is 44.3 Å². The fourth-order valence-corrected chi connectivity index (χ4v) is 4.83. The molecular formula is C21H23NO5S. The van der Waals surface area contributed by atoms with Crippen molar-refractivity contribution in [2.45, 2.75) is 33.2 Å². The van der Waals surface area contributed by atoms with E-state index in [9.17, 15) is 18.0 Å². The SMILES string of the molecule is Cc1ccc(C)c(C(=O)COC(=O)c2ccc3c(c2)C[C@@H](C)N3S(C)(=O)=O)c1. The lowest BCUT2D eigenvalue weighted by molar-refractivity contribution is 0.0474. The molecule has 7 heteroatoms. The van der Waals surface area contributed by atoms with Crippen LogP contribution in [0.25, 0.3) is 0 Å². The van der Waals surface area contributed by atoms with E-state index in [4.69, 9.17) is 4.74 Å². The van der Waals surface area contributed by atoms with Gasteiger partial charge in [0.2, 0.25) is 15.8 Å². The average molecular weight is 401 g/mol. The van der Waals surface area contributed by atoms with E-state index in [-0.39, 0.29) is 18.4 Å². The van der Waals surface area contributed by atoms with Crippen LogP contribution in [-0.2, 0) is 21.2 Å². The van der Waals surface area contributed by atoms with E-state index in [1.807, 2.05) is 32.9 Å². The number of hydrogen-bond acceptors (Lipinski definition) is 5. The lowest BCUT2D eigenvalue weighted by atomic mass is 10.0. The number of anilines is 1. The molecule has 0 aromatic heterocycles. The van der Waals surface area contributed by atoms with Crippen molar-refractivity contribution in [3.8, 4) is 0 Å². The molecule has 0 unspecified atom stereocenters. The maximum atomic E-state index is 12.4. The fourth-order valence-electron chi connectivity index (χ4n) is 3.56. The van der Waals surface area contributed by atoms with Crippen LogP contribution < -0.4 is 4.31 Å². The summed E-state index contributed by atoms with van der Waals surface area (Å²) in [4.78, 5) is 24.8. The number of hydrogen-bond donors (Lipinski definition) is 0. The number of carbonyl (C=O) groups excluding carboxylic acids is 2. The first kappa shape index (κ1) is 20.1. The van der Waals surface area contributed by atoms with Crippen LogP contribution in [0.3, 0.4) is 0 Å². The lowest BCUT2D eigenvalue weighted by Gasteiger charge is -2.21. The highest BCUT2D eigenvalue weighted by Crippen LogP contribution is 2.34. The molecule has 0 aliphatic carbocycles. The van der Waals surface area contributed by atoms with Crippen molar-refractivity contribution >= 4 is 27.5 Å². The number of rotatable bonds is 5. The standard InChI is InChI=1S/C21H23NO5S/c1-13-5-6-14(2)18(9-13)20(23)12-27-21(24)16-7-8-19-17(11-16)10-15(3)22(19)28(4,25)26/h5-9,11,15H,10,12H2,1-4H3/t15-/m1/s1. The van der Waals surface area contributed by atoms with Gasteiger partial charge in [-0.3, -0.25) is 9.10 Å². The molecule has 0 N–H and O–H groups in total. The minimum atomic E-state index is -3.39. The van der Waals surface area contributed by atoms with E-state index in [1.165, 1.54) is 16.6 Å². The van der Waals surface area contributed by atoms with Crippen LogP contribution in [0, 0.1) is 13.8 Å². The second-order valence-corrected chi connectivity index (χ2v) is 9.13. The monoisotopic (exact) mass is 401 g/mol. The average Bonchev–Trinajstić information content (AvgIpc) is 2.96. The Hall–Kier alpha value is -2.67. The van der Waals surface area contributed by atoms with Crippen LogP contribution >= 0.6 is 0 Å². The molecule has 0 radical (unpaired) electrons. The van der Waals surface area contributed by atoms with Crippen molar-refractivity contribution in [2.75, 3.05) is 17.2 Å². The van der Waals surface area contributed by atoms with E-state index in [1.54, 1.807) is 18.2 Å². The number of Topliss-reactive ketones (excluding diaryl/α,β-unsaturated/α-hetero) is 1. The number of aryl methyl sites for hydroxylation is 2. The summed E-state index contributed by atoms with van der Waals surface area (Å²) in [5.41, 5.74) is 3.99. The lowest BCUT2D eigenvalue weighted by Crippen LogP contribution is -2.34. The Bertz CT molecular complexity index is 1060. The molecule has 2 aromatic carbocycles. The van der Waals surface area contributed by atoms with Gasteiger partial charge in [-0.15, -0.1) is 0 Å². The van der Waals surface area contributed by atoms with Crippen molar-refractivity contribution < 1.29 is 22.7 Å². The fraction of sp³-hybridized carbons (Fsp3) is 0.333. The van der Waals surface area contributed by atoms with Crippen LogP contribution in [-0.4, -0.2) is 39.1 Å². The molecule has 0 saturated carbocycles. The van der Waals surface area contributed by atoms with Gasteiger partial charge < -0.3 is 4.74 Å². The highest BCUT2D eigenvalue weighted by atomic mass is 32.2. The molecule has 1 heterocycles. The van der Waals surface area contributed by atoms with Gasteiger partial charge >= 0.3 is 5.97 Å². The zero-order valence-corrected chi connectivity index (χ0v) is 17.2. The minimum Gasteiger partial charge on any atom is -0.454 e. The zero-order chi connectivity index (χ0) is 20.6. The van der Waals surface area contributed by atoms with Crippen molar-refractivity contribution in [2.24, 2.45) is 0 Å². The third kappa shape index (κ3) is 3.94. The summed E-state index contributed by atoms with van der Waals surface area (Å²) in [6.07, 6.45) is 1.69. The first-order valence-electron chi connectivity index (χ1n) is 8.98. The molecule has 2 aromatic rings. The maximum Gasteiger partial charge on any atom is 0.338 e. The molecule has 0 amide bonds. The first-order valence-corrected chi connectivity index (χ1v) is 10.8. The summed E-state index contributed by atoms with van der Waals surface area (Å²) < 4.78 is 30.5. The summed E-state index contributed by atoms with van der Waals surface area (Å²) in [5, 5.41) is 0. The predicted molar refractivity (Wildman–Crippen MR) is 107 cm³/mol. The van der Waals surface area contributed by atoms with E-state index in [0.717, 1.165) is 16.7 Å². The smallest absolute Gasteiger partial charge is 0.338 e. The maximum absolute atomic E-state index is 12.4. The highest BCUT2D eigenvalue weighted by molar-refractivity contribution is 7.92. The summed E-state index contributed by atoms with van der Waals surface area (Å²) in [6, 6.07) is 10.1. The van der Waals surface area contributed by atoms with Gasteiger partial charge in [0.1, 0.15) is 0 Å². The molecule has 6 nitrogen and oxygen atoms in total. The summed E-state index contributed by atoms with van der Waals surface area (Å²) in [7, 11) is -3.39. The van der Waals surface area contributed by atoms with Gasteiger partial charge in [-0.05, 0) is 62.6 Å². The van der Waals surface area contributed by atoms with Crippen molar-refractivity contribution in [1.29, 1.82) is 0 Å². The molecule has 3 rings (SSSR count). The second-order valence-electron chi connectivity index (χ2n) is 7.27.